The molecule has 0 aliphatic carbocycles. The fourth-order valence-corrected chi connectivity index (χ4v) is 3.40. The second-order valence-electron chi connectivity index (χ2n) is 5.51. The summed E-state index contributed by atoms with van der Waals surface area (Å²) in [4.78, 5) is 38.3. The lowest BCUT2D eigenvalue weighted by Crippen LogP contribution is -2.32. The summed E-state index contributed by atoms with van der Waals surface area (Å²) in [6.07, 6.45) is 1.73. The molecule has 0 saturated carbocycles. The highest BCUT2D eigenvalue weighted by Crippen LogP contribution is 2.36. The number of carbonyl (C=O) groups is 3. The van der Waals surface area contributed by atoms with Gasteiger partial charge in [0.05, 0.1) is 10.5 Å². The SMILES string of the molecule is CCCCN1C(=O)C(SCC)=C(c2ccc(NC(C)=O)cc2)C1=O. The van der Waals surface area contributed by atoms with E-state index >= 15 is 0 Å². The van der Waals surface area contributed by atoms with Crippen LogP contribution >= 0.6 is 11.8 Å². The molecule has 24 heavy (non-hydrogen) atoms. The maximum absolute atomic E-state index is 12.7. The minimum absolute atomic E-state index is 0.151. The van der Waals surface area contributed by atoms with E-state index in [-0.39, 0.29) is 17.7 Å². The predicted octanol–water partition coefficient (Wildman–Crippen LogP) is 3.28. The number of hydrogen-bond acceptors (Lipinski definition) is 4. The highest BCUT2D eigenvalue weighted by Gasteiger charge is 2.38. The Hall–Kier alpha value is -2.08. The molecule has 2 rings (SSSR count). The molecule has 128 valence electrons. The summed E-state index contributed by atoms with van der Waals surface area (Å²) < 4.78 is 0. The van der Waals surface area contributed by atoms with Crippen LogP contribution in [0.15, 0.2) is 29.2 Å². The van der Waals surface area contributed by atoms with Gasteiger partial charge in [0.1, 0.15) is 0 Å². The van der Waals surface area contributed by atoms with Gasteiger partial charge < -0.3 is 5.32 Å². The number of carbonyl (C=O) groups excluding carboxylic acids is 3. The van der Waals surface area contributed by atoms with Gasteiger partial charge in [-0.05, 0) is 29.9 Å². The number of nitrogens with one attached hydrogen (secondary N) is 1. The predicted molar refractivity (Wildman–Crippen MR) is 97.4 cm³/mol. The van der Waals surface area contributed by atoms with Crippen molar-refractivity contribution < 1.29 is 14.4 Å². The zero-order valence-electron chi connectivity index (χ0n) is 14.2. The van der Waals surface area contributed by atoms with Gasteiger partial charge >= 0.3 is 0 Å². The molecular weight excluding hydrogens is 324 g/mol. The molecule has 1 aromatic carbocycles. The van der Waals surface area contributed by atoms with Crippen LogP contribution in [0.4, 0.5) is 5.69 Å². The third-order valence-corrected chi connectivity index (χ3v) is 4.60. The number of amides is 3. The molecular formula is C18H22N2O3S. The molecule has 0 radical (unpaired) electrons. The van der Waals surface area contributed by atoms with Gasteiger partial charge in [-0.15, -0.1) is 11.8 Å². The molecule has 0 fully saturated rings. The van der Waals surface area contributed by atoms with Crippen molar-refractivity contribution in [1.82, 2.24) is 4.90 Å². The van der Waals surface area contributed by atoms with Crippen molar-refractivity contribution in [2.75, 3.05) is 17.6 Å². The van der Waals surface area contributed by atoms with Crippen LogP contribution in [0.3, 0.4) is 0 Å². The molecule has 1 aliphatic rings. The van der Waals surface area contributed by atoms with Gasteiger partial charge in [0, 0.05) is 19.2 Å². The highest BCUT2D eigenvalue weighted by molar-refractivity contribution is 8.04. The molecule has 1 N–H and O–H groups in total. The van der Waals surface area contributed by atoms with Gasteiger partial charge in [0.15, 0.2) is 0 Å². The van der Waals surface area contributed by atoms with E-state index in [4.69, 9.17) is 0 Å². The van der Waals surface area contributed by atoms with E-state index in [9.17, 15) is 14.4 Å². The molecule has 1 aromatic rings. The van der Waals surface area contributed by atoms with E-state index in [0.717, 1.165) is 18.6 Å². The highest BCUT2D eigenvalue weighted by atomic mass is 32.2. The monoisotopic (exact) mass is 346 g/mol. The van der Waals surface area contributed by atoms with Crippen molar-refractivity contribution in [3.63, 3.8) is 0 Å². The molecule has 1 heterocycles. The number of hydrogen-bond donors (Lipinski definition) is 1. The zero-order valence-corrected chi connectivity index (χ0v) is 15.0. The number of imide groups is 1. The molecule has 6 heteroatoms. The van der Waals surface area contributed by atoms with Gasteiger partial charge in [-0.2, -0.15) is 0 Å². The Balaban J connectivity index is 2.34. The summed E-state index contributed by atoms with van der Waals surface area (Å²) in [6.45, 7) is 5.88. The first-order valence-corrected chi connectivity index (χ1v) is 9.09. The number of nitrogens with zero attached hydrogens (tertiary/aromatic N) is 1. The first-order valence-electron chi connectivity index (χ1n) is 8.10. The lowest BCUT2D eigenvalue weighted by molar-refractivity contribution is -0.136. The van der Waals surface area contributed by atoms with E-state index in [2.05, 4.69) is 5.32 Å². The number of anilines is 1. The first kappa shape index (κ1) is 18.3. The van der Waals surface area contributed by atoms with Crippen LogP contribution in [0.1, 0.15) is 39.2 Å². The van der Waals surface area contributed by atoms with Gasteiger partial charge in [0.2, 0.25) is 5.91 Å². The summed E-state index contributed by atoms with van der Waals surface area (Å²) in [6, 6.07) is 7.02. The number of thioether (sulfide) groups is 1. The van der Waals surface area contributed by atoms with Crippen molar-refractivity contribution in [3.8, 4) is 0 Å². The topological polar surface area (TPSA) is 66.5 Å². The maximum atomic E-state index is 12.7. The quantitative estimate of drug-likeness (QED) is 0.770. The summed E-state index contributed by atoms with van der Waals surface area (Å²) in [5, 5.41) is 2.69. The Labute approximate surface area is 146 Å². The van der Waals surface area contributed by atoms with Crippen molar-refractivity contribution in [2.24, 2.45) is 0 Å². The van der Waals surface area contributed by atoms with Crippen LogP contribution in [-0.4, -0.2) is 34.9 Å². The Morgan fingerprint density at radius 3 is 2.33 bits per heavy atom. The van der Waals surface area contributed by atoms with E-state index < -0.39 is 0 Å². The second-order valence-corrected chi connectivity index (χ2v) is 6.79. The van der Waals surface area contributed by atoms with E-state index in [1.165, 1.54) is 23.6 Å². The van der Waals surface area contributed by atoms with Crippen molar-refractivity contribution in [3.05, 3.63) is 34.7 Å². The molecule has 0 bridgehead atoms. The summed E-state index contributed by atoms with van der Waals surface area (Å²) in [7, 11) is 0. The molecule has 0 aromatic heterocycles. The molecule has 1 aliphatic heterocycles. The van der Waals surface area contributed by atoms with Crippen LogP contribution in [0.25, 0.3) is 5.57 Å². The normalized spacial score (nSPS) is 14.5. The Morgan fingerprint density at radius 2 is 1.79 bits per heavy atom. The Kier molecular flexibility index (Phi) is 6.20. The second kappa shape index (κ2) is 8.15. The molecule has 0 spiro atoms. The van der Waals surface area contributed by atoms with Crippen LogP contribution in [0.2, 0.25) is 0 Å². The summed E-state index contributed by atoms with van der Waals surface area (Å²) in [5.74, 6) is 0.156. The molecule has 0 atom stereocenters. The molecule has 0 saturated heterocycles. The van der Waals surface area contributed by atoms with Crippen molar-refractivity contribution >= 4 is 40.7 Å². The van der Waals surface area contributed by atoms with E-state index in [0.29, 0.717) is 28.3 Å². The lowest BCUT2D eigenvalue weighted by Gasteiger charge is -2.14. The third kappa shape index (κ3) is 3.87. The van der Waals surface area contributed by atoms with Crippen LogP contribution < -0.4 is 5.32 Å². The van der Waals surface area contributed by atoms with Crippen LogP contribution in [0, 0.1) is 0 Å². The minimum Gasteiger partial charge on any atom is -0.326 e. The Morgan fingerprint density at radius 1 is 1.12 bits per heavy atom. The lowest BCUT2D eigenvalue weighted by atomic mass is 10.1. The standard InChI is InChI=1S/C18H22N2O3S/c1-4-6-11-20-17(22)15(16(18(20)23)24-5-2)13-7-9-14(10-8-13)19-12(3)21/h7-10H,4-6,11H2,1-3H3,(H,19,21). The van der Waals surface area contributed by atoms with Gasteiger partial charge in [0.25, 0.3) is 11.8 Å². The number of unbranched alkanes of at least 4 members (excludes halogenated alkanes) is 1. The Bertz CT molecular complexity index is 680. The number of benzene rings is 1. The summed E-state index contributed by atoms with van der Waals surface area (Å²) >= 11 is 1.40. The minimum atomic E-state index is -0.225. The first-order chi connectivity index (χ1) is 11.5. The average Bonchev–Trinajstić information content (AvgIpc) is 2.77. The van der Waals surface area contributed by atoms with Gasteiger partial charge in [-0.1, -0.05) is 32.4 Å². The molecule has 5 nitrogen and oxygen atoms in total. The van der Waals surface area contributed by atoms with E-state index in [1.807, 2.05) is 13.8 Å². The van der Waals surface area contributed by atoms with Crippen LogP contribution in [0.5, 0.6) is 0 Å². The number of rotatable bonds is 7. The summed E-state index contributed by atoms with van der Waals surface area (Å²) in [5.41, 5.74) is 1.84. The van der Waals surface area contributed by atoms with Gasteiger partial charge in [-0.3, -0.25) is 19.3 Å². The fraction of sp³-hybridized carbons (Fsp3) is 0.389. The largest absolute Gasteiger partial charge is 0.326 e. The van der Waals surface area contributed by atoms with Crippen molar-refractivity contribution in [1.29, 1.82) is 0 Å². The zero-order chi connectivity index (χ0) is 17.7. The average molecular weight is 346 g/mol. The van der Waals surface area contributed by atoms with E-state index in [1.54, 1.807) is 24.3 Å². The molecule has 0 unspecified atom stereocenters. The fourth-order valence-electron chi connectivity index (χ4n) is 2.53. The van der Waals surface area contributed by atoms with Crippen LogP contribution in [-0.2, 0) is 14.4 Å². The third-order valence-electron chi connectivity index (χ3n) is 3.64. The molecule has 3 amide bonds. The maximum Gasteiger partial charge on any atom is 0.267 e. The van der Waals surface area contributed by atoms with Crippen molar-refractivity contribution in [2.45, 2.75) is 33.6 Å². The van der Waals surface area contributed by atoms with Gasteiger partial charge in [-0.25, -0.2) is 0 Å². The smallest absolute Gasteiger partial charge is 0.267 e.